The lowest BCUT2D eigenvalue weighted by Crippen LogP contribution is -2.45. The summed E-state index contributed by atoms with van der Waals surface area (Å²) in [5, 5.41) is 2.94. The van der Waals surface area contributed by atoms with Gasteiger partial charge in [0.05, 0.1) is 5.25 Å². The summed E-state index contributed by atoms with van der Waals surface area (Å²) in [5.41, 5.74) is 0. The molecule has 0 aromatic heterocycles. The highest BCUT2D eigenvalue weighted by molar-refractivity contribution is 7.90. The average molecular weight is 274 g/mol. The maximum absolute atomic E-state index is 12.1. The molecular formula is C13H26N2O2S. The standard InChI is InChI=1S/C13H26N2O2S/c1-11-4-6-12(7-5-11)9-15-18(16,17)13-3-2-8-14-10-13/h11-15H,2-10H2,1H3. The van der Waals surface area contributed by atoms with E-state index in [1.165, 1.54) is 25.7 Å². The van der Waals surface area contributed by atoms with Crippen LogP contribution in [-0.4, -0.2) is 33.3 Å². The molecule has 2 rings (SSSR count). The Balaban J connectivity index is 1.77. The van der Waals surface area contributed by atoms with Crippen molar-refractivity contribution >= 4 is 10.0 Å². The summed E-state index contributed by atoms with van der Waals surface area (Å²) >= 11 is 0. The largest absolute Gasteiger partial charge is 0.315 e. The lowest BCUT2D eigenvalue weighted by Gasteiger charge is -2.28. The van der Waals surface area contributed by atoms with Crippen LogP contribution in [0, 0.1) is 11.8 Å². The third kappa shape index (κ3) is 3.93. The van der Waals surface area contributed by atoms with Gasteiger partial charge in [0.1, 0.15) is 0 Å². The Hall–Kier alpha value is -0.130. The van der Waals surface area contributed by atoms with E-state index in [0.29, 0.717) is 19.0 Å². The molecule has 1 aliphatic carbocycles. The minimum absolute atomic E-state index is 0.228. The fourth-order valence-corrected chi connectivity index (χ4v) is 4.49. The molecular weight excluding hydrogens is 248 g/mol. The highest BCUT2D eigenvalue weighted by Crippen LogP contribution is 2.27. The summed E-state index contributed by atoms with van der Waals surface area (Å²) in [6.07, 6.45) is 6.60. The van der Waals surface area contributed by atoms with Crippen LogP contribution in [0.4, 0.5) is 0 Å². The van der Waals surface area contributed by atoms with Gasteiger partial charge in [-0.3, -0.25) is 0 Å². The Morgan fingerprint density at radius 1 is 1.17 bits per heavy atom. The van der Waals surface area contributed by atoms with E-state index in [4.69, 9.17) is 0 Å². The number of sulfonamides is 1. The highest BCUT2D eigenvalue weighted by Gasteiger charge is 2.28. The van der Waals surface area contributed by atoms with Gasteiger partial charge in [0.15, 0.2) is 0 Å². The Labute approximate surface area is 111 Å². The first-order chi connectivity index (χ1) is 8.58. The number of hydrogen-bond donors (Lipinski definition) is 2. The molecule has 1 unspecified atom stereocenters. The van der Waals surface area contributed by atoms with Crippen LogP contribution in [0.5, 0.6) is 0 Å². The maximum atomic E-state index is 12.1. The van der Waals surface area contributed by atoms with E-state index in [9.17, 15) is 8.42 Å². The van der Waals surface area contributed by atoms with E-state index in [1.807, 2.05) is 0 Å². The zero-order valence-electron chi connectivity index (χ0n) is 11.3. The minimum Gasteiger partial charge on any atom is -0.315 e. The van der Waals surface area contributed by atoms with Crippen molar-refractivity contribution in [2.24, 2.45) is 11.8 Å². The zero-order chi connectivity index (χ0) is 13.0. The van der Waals surface area contributed by atoms with Gasteiger partial charge in [-0.15, -0.1) is 0 Å². The van der Waals surface area contributed by atoms with Crippen molar-refractivity contribution in [2.45, 2.75) is 50.7 Å². The monoisotopic (exact) mass is 274 g/mol. The summed E-state index contributed by atoms with van der Waals surface area (Å²) in [5.74, 6) is 1.37. The molecule has 0 radical (unpaired) electrons. The van der Waals surface area contributed by atoms with Gasteiger partial charge in [0, 0.05) is 13.1 Å². The van der Waals surface area contributed by atoms with Crippen molar-refractivity contribution < 1.29 is 8.42 Å². The van der Waals surface area contributed by atoms with E-state index >= 15 is 0 Å². The van der Waals surface area contributed by atoms with Crippen LogP contribution < -0.4 is 10.0 Å². The molecule has 2 aliphatic rings. The number of rotatable bonds is 4. The van der Waals surface area contributed by atoms with Crippen molar-refractivity contribution in [2.75, 3.05) is 19.6 Å². The highest BCUT2D eigenvalue weighted by atomic mass is 32.2. The minimum atomic E-state index is -3.11. The quantitative estimate of drug-likeness (QED) is 0.816. The van der Waals surface area contributed by atoms with E-state index in [1.54, 1.807) is 0 Å². The second-order valence-corrected chi connectivity index (χ2v) is 8.03. The molecule has 0 amide bonds. The summed E-state index contributed by atoms with van der Waals surface area (Å²) < 4.78 is 27.1. The Morgan fingerprint density at radius 2 is 1.89 bits per heavy atom. The molecule has 1 atom stereocenters. The third-order valence-corrected chi connectivity index (χ3v) is 6.25. The molecule has 1 saturated carbocycles. The summed E-state index contributed by atoms with van der Waals surface area (Å²) in [6.45, 7) is 4.49. The molecule has 0 bridgehead atoms. The van der Waals surface area contributed by atoms with E-state index in [-0.39, 0.29) is 5.25 Å². The van der Waals surface area contributed by atoms with Crippen molar-refractivity contribution in [1.82, 2.24) is 10.0 Å². The molecule has 2 N–H and O–H groups in total. The molecule has 0 aromatic carbocycles. The van der Waals surface area contributed by atoms with E-state index in [2.05, 4.69) is 17.0 Å². The lowest BCUT2D eigenvalue weighted by atomic mass is 9.83. The SMILES string of the molecule is CC1CCC(CNS(=O)(=O)C2CCCNC2)CC1. The zero-order valence-corrected chi connectivity index (χ0v) is 12.1. The predicted octanol–water partition coefficient (Wildman–Crippen LogP) is 1.48. The van der Waals surface area contributed by atoms with Gasteiger partial charge < -0.3 is 5.32 Å². The van der Waals surface area contributed by atoms with Crippen LogP contribution >= 0.6 is 0 Å². The first-order valence-electron chi connectivity index (χ1n) is 7.27. The van der Waals surface area contributed by atoms with Crippen molar-refractivity contribution in [3.63, 3.8) is 0 Å². The second kappa shape index (κ2) is 6.35. The molecule has 1 heterocycles. The third-order valence-electron chi connectivity index (χ3n) is 4.40. The van der Waals surface area contributed by atoms with Crippen molar-refractivity contribution in [3.8, 4) is 0 Å². The Kier molecular flexibility index (Phi) is 5.04. The van der Waals surface area contributed by atoms with Crippen LogP contribution in [0.3, 0.4) is 0 Å². The fourth-order valence-electron chi connectivity index (χ4n) is 2.97. The van der Waals surface area contributed by atoms with Crippen LogP contribution in [0.1, 0.15) is 45.4 Å². The molecule has 5 heteroatoms. The molecule has 1 saturated heterocycles. The fraction of sp³-hybridized carbons (Fsp3) is 1.00. The normalized spacial score (nSPS) is 34.4. The molecule has 18 heavy (non-hydrogen) atoms. The maximum Gasteiger partial charge on any atom is 0.215 e. The number of nitrogens with one attached hydrogen (secondary N) is 2. The van der Waals surface area contributed by atoms with Gasteiger partial charge in [-0.05, 0) is 44.1 Å². The van der Waals surface area contributed by atoms with Gasteiger partial charge in [-0.1, -0.05) is 19.8 Å². The van der Waals surface area contributed by atoms with Crippen molar-refractivity contribution in [1.29, 1.82) is 0 Å². The molecule has 2 fully saturated rings. The smallest absolute Gasteiger partial charge is 0.215 e. The van der Waals surface area contributed by atoms with Crippen LogP contribution in [-0.2, 0) is 10.0 Å². The molecule has 106 valence electrons. The first kappa shape index (κ1) is 14.3. The van der Waals surface area contributed by atoms with Gasteiger partial charge in [-0.2, -0.15) is 0 Å². The van der Waals surface area contributed by atoms with Crippen molar-refractivity contribution in [3.05, 3.63) is 0 Å². The van der Waals surface area contributed by atoms with Crippen LogP contribution in [0.15, 0.2) is 0 Å². The van der Waals surface area contributed by atoms with Gasteiger partial charge in [-0.25, -0.2) is 13.1 Å². The molecule has 0 aromatic rings. The first-order valence-corrected chi connectivity index (χ1v) is 8.82. The Bertz CT molecular complexity index is 342. The number of piperidine rings is 1. The van der Waals surface area contributed by atoms with Crippen LogP contribution in [0.25, 0.3) is 0 Å². The summed E-state index contributed by atoms with van der Waals surface area (Å²) in [4.78, 5) is 0. The van der Waals surface area contributed by atoms with Gasteiger partial charge in [0.2, 0.25) is 10.0 Å². The second-order valence-electron chi connectivity index (χ2n) is 5.99. The lowest BCUT2D eigenvalue weighted by molar-refractivity contribution is 0.290. The topological polar surface area (TPSA) is 58.2 Å². The molecule has 4 nitrogen and oxygen atoms in total. The molecule has 0 spiro atoms. The summed E-state index contributed by atoms with van der Waals surface area (Å²) in [7, 11) is -3.11. The Morgan fingerprint density at radius 3 is 2.50 bits per heavy atom. The van der Waals surface area contributed by atoms with E-state index in [0.717, 1.165) is 25.3 Å². The van der Waals surface area contributed by atoms with Gasteiger partial charge in [0.25, 0.3) is 0 Å². The summed E-state index contributed by atoms with van der Waals surface area (Å²) in [6, 6.07) is 0. The predicted molar refractivity (Wildman–Crippen MR) is 73.9 cm³/mol. The van der Waals surface area contributed by atoms with Gasteiger partial charge >= 0.3 is 0 Å². The average Bonchev–Trinajstić information content (AvgIpc) is 2.39. The van der Waals surface area contributed by atoms with E-state index < -0.39 is 10.0 Å². The molecule has 1 aliphatic heterocycles. The number of hydrogen-bond acceptors (Lipinski definition) is 3. The van der Waals surface area contributed by atoms with Crippen LogP contribution in [0.2, 0.25) is 0 Å².